The number of unbranched alkanes of at least 4 members (excludes halogenated alkanes) is 1. The van der Waals surface area contributed by atoms with Gasteiger partial charge in [0.2, 0.25) is 5.89 Å². The van der Waals surface area contributed by atoms with E-state index in [4.69, 9.17) is 4.42 Å². The highest BCUT2D eigenvalue weighted by atomic mass is 19.3. The molecule has 0 fully saturated rings. The number of hydrogen-bond donors (Lipinski definition) is 1. The van der Waals surface area contributed by atoms with Crippen molar-refractivity contribution in [2.24, 2.45) is 0 Å². The number of hydrogen-bond acceptors (Lipinski definition) is 4. The third kappa shape index (κ3) is 4.48. The van der Waals surface area contributed by atoms with Crippen molar-refractivity contribution in [3.05, 3.63) is 35.7 Å². The van der Waals surface area contributed by atoms with Crippen LogP contribution in [0.3, 0.4) is 0 Å². The summed E-state index contributed by atoms with van der Waals surface area (Å²) in [5, 5.41) is 16.0. The van der Waals surface area contributed by atoms with Crippen molar-refractivity contribution in [2.75, 3.05) is 6.54 Å². The topological polar surface area (TPSA) is 79.5 Å². The van der Waals surface area contributed by atoms with E-state index >= 15 is 0 Å². The quantitative estimate of drug-likeness (QED) is 0.833. The minimum Gasteiger partial charge on any atom is -0.465 e. The van der Waals surface area contributed by atoms with Crippen LogP contribution in [0.1, 0.15) is 37.6 Å². The number of carbonyl (C=O) groups is 1. The summed E-state index contributed by atoms with van der Waals surface area (Å²) in [4.78, 5) is 12.5. The molecule has 124 valence electrons. The van der Waals surface area contributed by atoms with E-state index in [1.807, 2.05) is 6.92 Å². The highest BCUT2D eigenvalue weighted by Crippen LogP contribution is 2.23. The second-order valence-electron chi connectivity index (χ2n) is 5.00. The minimum absolute atomic E-state index is 0.00734. The molecular formula is C15H17F2N3O3. The zero-order valence-corrected chi connectivity index (χ0v) is 12.6. The first kappa shape index (κ1) is 16.9. The van der Waals surface area contributed by atoms with Gasteiger partial charge in [0.1, 0.15) is 0 Å². The van der Waals surface area contributed by atoms with Gasteiger partial charge >= 0.3 is 12.5 Å². The van der Waals surface area contributed by atoms with Crippen LogP contribution in [-0.2, 0) is 6.54 Å². The number of aromatic nitrogens is 2. The van der Waals surface area contributed by atoms with E-state index in [9.17, 15) is 18.7 Å². The van der Waals surface area contributed by atoms with E-state index in [-0.39, 0.29) is 12.4 Å². The summed E-state index contributed by atoms with van der Waals surface area (Å²) >= 11 is 0. The lowest BCUT2D eigenvalue weighted by Gasteiger charge is -2.18. The van der Waals surface area contributed by atoms with E-state index in [0.29, 0.717) is 12.1 Å². The molecule has 23 heavy (non-hydrogen) atoms. The van der Waals surface area contributed by atoms with Gasteiger partial charge in [0.05, 0.1) is 0 Å². The Balaban J connectivity index is 2.07. The van der Waals surface area contributed by atoms with E-state index in [1.54, 1.807) is 24.3 Å². The highest BCUT2D eigenvalue weighted by Gasteiger charge is 2.17. The smallest absolute Gasteiger partial charge is 0.407 e. The van der Waals surface area contributed by atoms with E-state index in [0.717, 1.165) is 18.4 Å². The monoisotopic (exact) mass is 325 g/mol. The second kappa shape index (κ2) is 7.66. The Hall–Kier alpha value is -2.51. The fourth-order valence-corrected chi connectivity index (χ4v) is 2.00. The van der Waals surface area contributed by atoms with Gasteiger partial charge < -0.3 is 14.4 Å². The van der Waals surface area contributed by atoms with Crippen LogP contribution >= 0.6 is 0 Å². The molecule has 8 heteroatoms. The number of alkyl halides is 2. The van der Waals surface area contributed by atoms with Crippen LogP contribution in [-0.4, -0.2) is 32.8 Å². The van der Waals surface area contributed by atoms with Gasteiger partial charge in [-0.2, -0.15) is 8.78 Å². The number of amides is 1. The zero-order valence-electron chi connectivity index (χ0n) is 12.6. The van der Waals surface area contributed by atoms with Crippen molar-refractivity contribution in [1.29, 1.82) is 0 Å². The molecule has 0 radical (unpaired) electrons. The predicted molar refractivity (Wildman–Crippen MR) is 78.0 cm³/mol. The van der Waals surface area contributed by atoms with E-state index in [1.165, 1.54) is 4.90 Å². The van der Waals surface area contributed by atoms with Crippen molar-refractivity contribution in [3.8, 4) is 11.5 Å². The standard InChI is InChI=1S/C15H17F2N3O3/c1-2-3-8-20(15(21)22)9-10-4-6-11(7-5-10)13-18-19-14(23-13)12(16)17/h4-7,12H,2-3,8-9H2,1H3,(H,21,22). The van der Waals surface area contributed by atoms with Crippen LogP contribution in [0.15, 0.2) is 28.7 Å². The normalized spacial score (nSPS) is 11.0. The predicted octanol–water partition coefficient (Wildman–Crippen LogP) is 3.95. The molecule has 1 aromatic heterocycles. The number of carboxylic acid groups (broad SMARTS) is 1. The summed E-state index contributed by atoms with van der Waals surface area (Å²) in [7, 11) is 0. The van der Waals surface area contributed by atoms with Gasteiger partial charge in [0.25, 0.3) is 5.89 Å². The van der Waals surface area contributed by atoms with Crippen molar-refractivity contribution in [3.63, 3.8) is 0 Å². The molecule has 0 unspecified atom stereocenters. The van der Waals surface area contributed by atoms with Gasteiger partial charge in [-0.05, 0) is 24.1 Å². The van der Waals surface area contributed by atoms with E-state index in [2.05, 4.69) is 10.2 Å². The third-order valence-corrected chi connectivity index (χ3v) is 3.25. The molecular weight excluding hydrogens is 308 g/mol. The van der Waals surface area contributed by atoms with Gasteiger partial charge in [-0.1, -0.05) is 25.5 Å². The van der Waals surface area contributed by atoms with Crippen LogP contribution in [0.5, 0.6) is 0 Å². The summed E-state index contributed by atoms with van der Waals surface area (Å²) < 4.78 is 29.7. The molecule has 1 heterocycles. The van der Waals surface area contributed by atoms with Crippen LogP contribution < -0.4 is 0 Å². The molecule has 6 nitrogen and oxygen atoms in total. The molecule has 0 aliphatic rings. The summed E-state index contributed by atoms with van der Waals surface area (Å²) in [5.41, 5.74) is 1.30. The van der Waals surface area contributed by atoms with Crippen molar-refractivity contribution in [1.82, 2.24) is 15.1 Å². The van der Waals surface area contributed by atoms with Crippen molar-refractivity contribution < 1.29 is 23.1 Å². The molecule has 0 bridgehead atoms. The Morgan fingerprint density at radius 2 is 2.00 bits per heavy atom. The average molecular weight is 325 g/mol. The third-order valence-electron chi connectivity index (χ3n) is 3.25. The van der Waals surface area contributed by atoms with Gasteiger partial charge in [0.15, 0.2) is 0 Å². The fraction of sp³-hybridized carbons (Fsp3) is 0.400. The summed E-state index contributed by atoms with van der Waals surface area (Å²) in [5.74, 6) is -0.714. The average Bonchev–Trinajstić information content (AvgIpc) is 3.02. The molecule has 2 rings (SSSR count). The fourth-order valence-electron chi connectivity index (χ4n) is 2.00. The zero-order chi connectivity index (χ0) is 16.8. The molecule has 1 amide bonds. The Labute approximate surface area is 131 Å². The van der Waals surface area contributed by atoms with Gasteiger partial charge in [0, 0.05) is 18.7 Å². The summed E-state index contributed by atoms with van der Waals surface area (Å²) in [6, 6.07) is 6.70. The molecule has 1 N–H and O–H groups in total. The molecule has 2 aromatic rings. The van der Waals surface area contributed by atoms with E-state index < -0.39 is 18.4 Å². The lowest BCUT2D eigenvalue weighted by atomic mass is 10.1. The maximum atomic E-state index is 12.4. The largest absolute Gasteiger partial charge is 0.465 e. The lowest BCUT2D eigenvalue weighted by Crippen LogP contribution is -2.29. The van der Waals surface area contributed by atoms with Crippen LogP contribution in [0, 0.1) is 0 Å². The van der Waals surface area contributed by atoms with Gasteiger partial charge in [-0.25, -0.2) is 4.79 Å². The molecule has 1 aromatic carbocycles. The maximum Gasteiger partial charge on any atom is 0.407 e. The number of benzene rings is 1. The van der Waals surface area contributed by atoms with Crippen LogP contribution in [0.2, 0.25) is 0 Å². The molecule has 0 aliphatic heterocycles. The summed E-state index contributed by atoms with van der Waals surface area (Å²) in [6.45, 7) is 2.73. The lowest BCUT2D eigenvalue weighted by molar-refractivity contribution is 0.116. The van der Waals surface area contributed by atoms with Crippen molar-refractivity contribution in [2.45, 2.75) is 32.7 Å². The second-order valence-corrected chi connectivity index (χ2v) is 5.00. The van der Waals surface area contributed by atoms with Crippen LogP contribution in [0.25, 0.3) is 11.5 Å². The summed E-state index contributed by atoms with van der Waals surface area (Å²) in [6.07, 6.45) is -2.08. The first-order valence-corrected chi connectivity index (χ1v) is 7.20. The molecule has 0 aliphatic carbocycles. The Bertz CT molecular complexity index is 644. The number of nitrogens with zero attached hydrogens (tertiary/aromatic N) is 3. The number of rotatable bonds is 7. The maximum absolute atomic E-state index is 12.4. The van der Waals surface area contributed by atoms with Gasteiger partial charge in [-0.3, -0.25) is 0 Å². The first-order valence-electron chi connectivity index (χ1n) is 7.20. The Morgan fingerprint density at radius 3 is 2.52 bits per heavy atom. The molecule has 0 spiro atoms. The van der Waals surface area contributed by atoms with Gasteiger partial charge in [-0.15, -0.1) is 10.2 Å². The van der Waals surface area contributed by atoms with Crippen LogP contribution in [0.4, 0.5) is 13.6 Å². The molecule has 0 saturated heterocycles. The molecule has 0 saturated carbocycles. The van der Waals surface area contributed by atoms with Crippen molar-refractivity contribution >= 4 is 6.09 Å². The SMILES string of the molecule is CCCCN(Cc1ccc(-c2nnc(C(F)F)o2)cc1)C(=O)O. The number of halogens is 2. The molecule has 0 atom stereocenters. The first-order chi connectivity index (χ1) is 11.0. The Morgan fingerprint density at radius 1 is 1.30 bits per heavy atom. The Kier molecular flexibility index (Phi) is 5.61. The highest BCUT2D eigenvalue weighted by molar-refractivity contribution is 5.65. The minimum atomic E-state index is -2.81.